The van der Waals surface area contributed by atoms with Crippen LogP contribution >= 0.6 is 0 Å². The van der Waals surface area contributed by atoms with Gasteiger partial charge in [0.05, 0.1) is 11.3 Å². The Morgan fingerprint density at radius 3 is 2.39 bits per heavy atom. The van der Waals surface area contributed by atoms with Crippen molar-refractivity contribution in [2.75, 3.05) is 13.1 Å². The minimum Gasteiger partial charge on any atom is -0.481 e. The zero-order chi connectivity index (χ0) is 16.4. The SMILES string of the molecule is CC1CN(C(=O)C2(c3ccccc3)CCCC2)CCC1C(=O)O. The van der Waals surface area contributed by atoms with Crippen LogP contribution in [0.1, 0.15) is 44.6 Å². The van der Waals surface area contributed by atoms with Crippen LogP contribution in [0.5, 0.6) is 0 Å². The summed E-state index contributed by atoms with van der Waals surface area (Å²) in [6.45, 7) is 3.07. The molecule has 1 aliphatic carbocycles. The van der Waals surface area contributed by atoms with E-state index in [9.17, 15) is 14.7 Å². The van der Waals surface area contributed by atoms with Gasteiger partial charge in [-0.05, 0) is 30.7 Å². The highest BCUT2D eigenvalue weighted by Crippen LogP contribution is 2.43. The Morgan fingerprint density at radius 2 is 1.83 bits per heavy atom. The van der Waals surface area contributed by atoms with E-state index in [-0.39, 0.29) is 17.7 Å². The third-order valence-electron chi connectivity index (χ3n) is 5.70. The van der Waals surface area contributed by atoms with Crippen molar-refractivity contribution in [3.05, 3.63) is 35.9 Å². The second kappa shape index (κ2) is 6.34. The maximum absolute atomic E-state index is 13.3. The van der Waals surface area contributed by atoms with Crippen LogP contribution in [-0.4, -0.2) is 35.0 Å². The van der Waals surface area contributed by atoms with Crippen LogP contribution in [-0.2, 0) is 15.0 Å². The Morgan fingerprint density at radius 1 is 1.17 bits per heavy atom. The fourth-order valence-electron chi connectivity index (χ4n) is 4.36. The number of nitrogens with zero attached hydrogens (tertiary/aromatic N) is 1. The molecule has 1 heterocycles. The molecule has 2 unspecified atom stereocenters. The highest BCUT2D eigenvalue weighted by atomic mass is 16.4. The maximum atomic E-state index is 13.3. The van der Waals surface area contributed by atoms with Crippen molar-refractivity contribution in [2.45, 2.75) is 44.4 Å². The number of carbonyl (C=O) groups is 2. The van der Waals surface area contributed by atoms with Gasteiger partial charge in [-0.3, -0.25) is 9.59 Å². The zero-order valence-corrected chi connectivity index (χ0v) is 13.7. The maximum Gasteiger partial charge on any atom is 0.306 e. The van der Waals surface area contributed by atoms with Crippen molar-refractivity contribution in [1.29, 1.82) is 0 Å². The first kappa shape index (κ1) is 16.0. The molecule has 0 radical (unpaired) electrons. The minimum atomic E-state index is -0.733. The van der Waals surface area contributed by atoms with Gasteiger partial charge in [-0.1, -0.05) is 50.1 Å². The summed E-state index contributed by atoms with van der Waals surface area (Å²) < 4.78 is 0. The molecule has 1 saturated carbocycles. The van der Waals surface area contributed by atoms with Crippen molar-refractivity contribution < 1.29 is 14.7 Å². The molecule has 1 aliphatic heterocycles. The number of hydrogen-bond acceptors (Lipinski definition) is 2. The number of aliphatic carboxylic acids is 1. The summed E-state index contributed by atoms with van der Waals surface area (Å²) in [5, 5.41) is 9.27. The third kappa shape index (κ3) is 2.87. The molecule has 23 heavy (non-hydrogen) atoms. The summed E-state index contributed by atoms with van der Waals surface area (Å²) in [5.41, 5.74) is 0.729. The predicted octanol–water partition coefficient (Wildman–Crippen LogP) is 3.07. The van der Waals surface area contributed by atoms with Crippen molar-refractivity contribution in [1.82, 2.24) is 4.90 Å². The number of hydrogen-bond donors (Lipinski definition) is 1. The first-order valence-corrected chi connectivity index (χ1v) is 8.62. The number of carboxylic acid groups (broad SMARTS) is 1. The fourth-order valence-corrected chi connectivity index (χ4v) is 4.36. The van der Waals surface area contributed by atoms with E-state index in [2.05, 4.69) is 12.1 Å². The van der Waals surface area contributed by atoms with Crippen LogP contribution in [0, 0.1) is 11.8 Å². The Balaban J connectivity index is 1.82. The summed E-state index contributed by atoms with van der Waals surface area (Å²) in [5.74, 6) is -0.838. The van der Waals surface area contributed by atoms with Gasteiger partial charge in [0.1, 0.15) is 0 Å². The van der Waals surface area contributed by atoms with E-state index in [1.54, 1.807) is 0 Å². The van der Waals surface area contributed by atoms with Gasteiger partial charge in [0, 0.05) is 13.1 Å². The quantitative estimate of drug-likeness (QED) is 0.932. The molecular formula is C19H25NO3. The Kier molecular flexibility index (Phi) is 4.42. The van der Waals surface area contributed by atoms with Crippen molar-refractivity contribution in [3.63, 3.8) is 0 Å². The second-order valence-corrected chi connectivity index (χ2v) is 7.12. The normalized spacial score (nSPS) is 26.9. The summed E-state index contributed by atoms with van der Waals surface area (Å²) >= 11 is 0. The minimum absolute atomic E-state index is 0.0134. The van der Waals surface area contributed by atoms with Gasteiger partial charge in [0.2, 0.25) is 5.91 Å². The molecule has 1 aromatic carbocycles. The van der Waals surface area contributed by atoms with Gasteiger partial charge in [0.25, 0.3) is 0 Å². The molecule has 2 aliphatic rings. The molecule has 0 bridgehead atoms. The Labute approximate surface area is 137 Å². The molecule has 4 heteroatoms. The van der Waals surface area contributed by atoms with E-state index in [0.717, 1.165) is 31.2 Å². The van der Waals surface area contributed by atoms with E-state index < -0.39 is 11.4 Å². The van der Waals surface area contributed by atoms with Gasteiger partial charge in [-0.25, -0.2) is 0 Å². The first-order chi connectivity index (χ1) is 11.0. The number of rotatable bonds is 3. The molecule has 0 aromatic heterocycles. The van der Waals surface area contributed by atoms with Crippen LogP contribution in [0.15, 0.2) is 30.3 Å². The van der Waals surface area contributed by atoms with E-state index in [1.807, 2.05) is 30.0 Å². The highest BCUT2D eigenvalue weighted by molar-refractivity contribution is 5.89. The first-order valence-electron chi connectivity index (χ1n) is 8.62. The number of piperidine rings is 1. The van der Waals surface area contributed by atoms with Gasteiger partial charge >= 0.3 is 5.97 Å². The summed E-state index contributed by atoms with van der Waals surface area (Å²) in [4.78, 5) is 26.5. The van der Waals surface area contributed by atoms with E-state index in [0.29, 0.717) is 19.5 Å². The standard InChI is InChI=1S/C19H25NO3/c1-14-13-20(12-9-16(14)17(21)22)18(23)19(10-5-6-11-19)15-7-3-2-4-8-15/h2-4,7-8,14,16H,5-6,9-13H2,1H3,(H,21,22). The van der Waals surface area contributed by atoms with Crippen LogP contribution in [0.2, 0.25) is 0 Å². The van der Waals surface area contributed by atoms with Crippen molar-refractivity contribution in [3.8, 4) is 0 Å². The lowest BCUT2D eigenvalue weighted by molar-refractivity contribution is -0.150. The molecule has 2 fully saturated rings. The molecule has 4 nitrogen and oxygen atoms in total. The predicted molar refractivity (Wildman–Crippen MR) is 88.1 cm³/mol. The number of amides is 1. The molecule has 3 rings (SSSR count). The largest absolute Gasteiger partial charge is 0.481 e. The summed E-state index contributed by atoms with van der Waals surface area (Å²) in [6, 6.07) is 10.1. The molecule has 1 saturated heterocycles. The van der Waals surface area contributed by atoms with Crippen molar-refractivity contribution in [2.24, 2.45) is 11.8 Å². The Hall–Kier alpha value is -1.84. The number of carbonyl (C=O) groups excluding carboxylic acids is 1. The topological polar surface area (TPSA) is 57.6 Å². The number of benzene rings is 1. The van der Waals surface area contributed by atoms with E-state index >= 15 is 0 Å². The summed E-state index contributed by atoms with van der Waals surface area (Å²) in [7, 11) is 0. The average Bonchev–Trinajstić information content (AvgIpc) is 3.05. The van der Waals surface area contributed by atoms with Gasteiger partial charge in [-0.2, -0.15) is 0 Å². The van der Waals surface area contributed by atoms with Crippen LogP contribution in [0.4, 0.5) is 0 Å². The molecular weight excluding hydrogens is 290 g/mol. The lowest BCUT2D eigenvalue weighted by atomic mass is 9.76. The lowest BCUT2D eigenvalue weighted by Crippen LogP contribution is -2.51. The molecule has 0 spiro atoms. The van der Waals surface area contributed by atoms with Crippen LogP contribution in [0.25, 0.3) is 0 Å². The van der Waals surface area contributed by atoms with E-state index in [1.165, 1.54) is 0 Å². The number of likely N-dealkylation sites (tertiary alicyclic amines) is 1. The summed E-state index contributed by atoms with van der Waals surface area (Å²) in [6.07, 6.45) is 4.54. The smallest absolute Gasteiger partial charge is 0.306 e. The molecule has 1 N–H and O–H groups in total. The van der Waals surface area contributed by atoms with Gasteiger partial charge < -0.3 is 10.0 Å². The van der Waals surface area contributed by atoms with Crippen LogP contribution < -0.4 is 0 Å². The molecule has 2 atom stereocenters. The molecule has 1 aromatic rings. The average molecular weight is 315 g/mol. The second-order valence-electron chi connectivity index (χ2n) is 7.12. The van der Waals surface area contributed by atoms with Gasteiger partial charge in [-0.15, -0.1) is 0 Å². The van der Waals surface area contributed by atoms with Crippen LogP contribution in [0.3, 0.4) is 0 Å². The lowest BCUT2D eigenvalue weighted by Gasteiger charge is -2.40. The Bertz CT molecular complexity index is 578. The fraction of sp³-hybridized carbons (Fsp3) is 0.579. The zero-order valence-electron chi connectivity index (χ0n) is 13.7. The van der Waals surface area contributed by atoms with E-state index in [4.69, 9.17) is 0 Å². The molecule has 1 amide bonds. The van der Waals surface area contributed by atoms with Gasteiger partial charge in [0.15, 0.2) is 0 Å². The highest BCUT2D eigenvalue weighted by Gasteiger charge is 2.46. The number of carboxylic acids is 1. The monoisotopic (exact) mass is 315 g/mol. The van der Waals surface area contributed by atoms with Crippen molar-refractivity contribution >= 4 is 11.9 Å². The molecule has 124 valence electrons. The third-order valence-corrected chi connectivity index (χ3v) is 5.70.